The van der Waals surface area contributed by atoms with Crippen LogP contribution in [-0.4, -0.2) is 19.4 Å². The van der Waals surface area contributed by atoms with Crippen molar-refractivity contribution in [2.45, 2.75) is 6.18 Å². The standard InChI is InChI=1S/C10H10F3NO2/c1-16-6-2-3-7(9(15)5-14)8(4-6)10(11,12)13/h2-4H,5,14H2,1H3. The Balaban J connectivity index is 3.33. The summed E-state index contributed by atoms with van der Waals surface area (Å²) in [5, 5.41) is 0. The van der Waals surface area contributed by atoms with Crippen LogP contribution in [0.5, 0.6) is 5.75 Å². The van der Waals surface area contributed by atoms with Crippen molar-refractivity contribution in [1.29, 1.82) is 0 Å². The molecule has 1 aromatic carbocycles. The summed E-state index contributed by atoms with van der Waals surface area (Å²) in [6.07, 6.45) is -4.60. The van der Waals surface area contributed by atoms with E-state index < -0.39 is 29.6 Å². The summed E-state index contributed by atoms with van der Waals surface area (Å²) in [5.41, 5.74) is 3.58. The summed E-state index contributed by atoms with van der Waals surface area (Å²) in [6.45, 7) is -0.463. The van der Waals surface area contributed by atoms with E-state index in [2.05, 4.69) is 4.74 Å². The van der Waals surface area contributed by atoms with Gasteiger partial charge in [0, 0.05) is 5.56 Å². The number of ketones is 1. The molecular formula is C10H10F3NO2. The minimum atomic E-state index is -4.60. The number of carbonyl (C=O) groups is 1. The Morgan fingerprint density at radius 3 is 2.50 bits per heavy atom. The van der Waals surface area contributed by atoms with Crippen molar-refractivity contribution in [3.8, 4) is 5.75 Å². The van der Waals surface area contributed by atoms with Crippen LogP contribution in [0.4, 0.5) is 13.2 Å². The predicted molar refractivity (Wildman–Crippen MR) is 51.4 cm³/mol. The number of alkyl halides is 3. The van der Waals surface area contributed by atoms with Crippen LogP contribution in [0.2, 0.25) is 0 Å². The maximum Gasteiger partial charge on any atom is 0.417 e. The van der Waals surface area contributed by atoms with E-state index in [4.69, 9.17) is 5.73 Å². The van der Waals surface area contributed by atoms with Crippen molar-refractivity contribution >= 4 is 5.78 Å². The SMILES string of the molecule is COc1ccc(C(=O)CN)c(C(F)(F)F)c1. The molecule has 88 valence electrons. The van der Waals surface area contributed by atoms with Gasteiger partial charge in [-0.1, -0.05) is 0 Å². The van der Waals surface area contributed by atoms with Gasteiger partial charge in [0.1, 0.15) is 5.75 Å². The molecule has 2 N–H and O–H groups in total. The number of hydrogen-bond donors (Lipinski definition) is 1. The van der Waals surface area contributed by atoms with Crippen molar-refractivity contribution in [2.24, 2.45) is 5.73 Å². The van der Waals surface area contributed by atoms with Crippen LogP contribution in [0.25, 0.3) is 0 Å². The minimum Gasteiger partial charge on any atom is -0.497 e. The van der Waals surface area contributed by atoms with E-state index >= 15 is 0 Å². The molecule has 0 fully saturated rings. The first kappa shape index (κ1) is 12.5. The normalized spacial score (nSPS) is 11.3. The van der Waals surface area contributed by atoms with E-state index in [1.54, 1.807) is 0 Å². The van der Waals surface area contributed by atoms with Crippen LogP contribution in [0.1, 0.15) is 15.9 Å². The molecule has 0 bridgehead atoms. The van der Waals surface area contributed by atoms with Crippen LogP contribution in [-0.2, 0) is 6.18 Å². The molecule has 0 heterocycles. The number of ether oxygens (including phenoxy) is 1. The Labute approximate surface area is 90.0 Å². The van der Waals surface area contributed by atoms with E-state index in [0.29, 0.717) is 0 Å². The predicted octanol–water partition coefficient (Wildman–Crippen LogP) is 1.86. The highest BCUT2D eigenvalue weighted by atomic mass is 19.4. The third kappa shape index (κ3) is 2.52. The largest absolute Gasteiger partial charge is 0.497 e. The highest BCUT2D eigenvalue weighted by Crippen LogP contribution is 2.34. The lowest BCUT2D eigenvalue weighted by Crippen LogP contribution is -2.19. The van der Waals surface area contributed by atoms with E-state index in [0.717, 1.165) is 12.1 Å². The monoisotopic (exact) mass is 233 g/mol. The molecule has 0 saturated heterocycles. The fourth-order valence-electron chi connectivity index (χ4n) is 1.24. The van der Waals surface area contributed by atoms with Gasteiger partial charge in [0.25, 0.3) is 0 Å². The fraction of sp³-hybridized carbons (Fsp3) is 0.300. The maximum atomic E-state index is 12.6. The zero-order chi connectivity index (χ0) is 12.3. The molecule has 0 aliphatic carbocycles. The number of nitrogens with two attached hydrogens (primary N) is 1. The Kier molecular flexibility index (Phi) is 3.54. The zero-order valence-corrected chi connectivity index (χ0v) is 8.47. The average molecular weight is 233 g/mol. The smallest absolute Gasteiger partial charge is 0.417 e. The van der Waals surface area contributed by atoms with Crippen LogP contribution >= 0.6 is 0 Å². The number of carbonyl (C=O) groups excluding carboxylic acids is 1. The molecule has 0 atom stereocenters. The Hall–Kier alpha value is -1.56. The van der Waals surface area contributed by atoms with Gasteiger partial charge >= 0.3 is 6.18 Å². The van der Waals surface area contributed by atoms with E-state index in [1.807, 2.05) is 0 Å². The number of methoxy groups -OCH3 is 1. The topological polar surface area (TPSA) is 52.3 Å². The summed E-state index contributed by atoms with van der Waals surface area (Å²) in [6, 6.07) is 3.14. The van der Waals surface area contributed by atoms with E-state index in [9.17, 15) is 18.0 Å². The van der Waals surface area contributed by atoms with Crippen LogP contribution in [0.15, 0.2) is 18.2 Å². The molecule has 0 amide bonds. The number of halogens is 3. The van der Waals surface area contributed by atoms with Crippen molar-refractivity contribution in [3.63, 3.8) is 0 Å². The van der Waals surface area contributed by atoms with Gasteiger partial charge in [0.2, 0.25) is 0 Å². The van der Waals surface area contributed by atoms with Gasteiger partial charge in [-0.15, -0.1) is 0 Å². The molecule has 0 saturated carbocycles. The summed E-state index contributed by atoms with van der Waals surface area (Å²) < 4.78 is 42.5. The summed E-state index contributed by atoms with van der Waals surface area (Å²) in [5.74, 6) is -0.712. The van der Waals surface area contributed by atoms with Gasteiger partial charge in [-0.2, -0.15) is 13.2 Å². The fourth-order valence-corrected chi connectivity index (χ4v) is 1.24. The summed E-state index contributed by atoms with van der Waals surface area (Å²) in [4.78, 5) is 11.2. The van der Waals surface area contributed by atoms with Crippen molar-refractivity contribution in [2.75, 3.05) is 13.7 Å². The Morgan fingerprint density at radius 1 is 1.44 bits per heavy atom. The molecule has 0 aliphatic rings. The second-order valence-electron chi connectivity index (χ2n) is 3.04. The van der Waals surface area contributed by atoms with Gasteiger partial charge < -0.3 is 10.5 Å². The van der Waals surface area contributed by atoms with Crippen LogP contribution < -0.4 is 10.5 Å². The molecule has 3 nitrogen and oxygen atoms in total. The molecule has 0 aromatic heterocycles. The average Bonchev–Trinajstić information content (AvgIpc) is 2.26. The lowest BCUT2D eigenvalue weighted by molar-refractivity contribution is -0.138. The van der Waals surface area contributed by atoms with Crippen molar-refractivity contribution < 1.29 is 22.7 Å². The third-order valence-corrected chi connectivity index (χ3v) is 2.02. The number of rotatable bonds is 3. The molecule has 0 aliphatic heterocycles. The van der Waals surface area contributed by atoms with Gasteiger partial charge in [-0.25, -0.2) is 0 Å². The molecule has 0 radical (unpaired) electrons. The van der Waals surface area contributed by atoms with Gasteiger partial charge in [0.05, 0.1) is 19.2 Å². The number of hydrogen-bond acceptors (Lipinski definition) is 3. The van der Waals surface area contributed by atoms with E-state index in [1.165, 1.54) is 13.2 Å². The molecule has 0 unspecified atom stereocenters. The second-order valence-corrected chi connectivity index (χ2v) is 3.04. The highest BCUT2D eigenvalue weighted by Gasteiger charge is 2.35. The lowest BCUT2D eigenvalue weighted by Gasteiger charge is -2.12. The second kappa shape index (κ2) is 4.52. The zero-order valence-electron chi connectivity index (χ0n) is 8.47. The molecule has 16 heavy (non-hydrogen) atoms. The summed E-state index contributed by atoms with van der Waals surface area (Å²) in [7, 11) is 1.25. The van der Waals surface area contributed by atoms with Gasteiger partial charge in [-0.3, -0.25) is 4.79 Å². The molecule has 0 spiro atoms. The summed E-state index contributed by atoms with van der Waals surface area (Å²) >= 11 is 0. The van der Waals surface area contributed by atoms with Crippen molar-refractivity contribution in [3.05, 3.63) is 29.3 Å². The first-order valence-corrected chi connectivity index (χ1v) is 4.38. The van der Waals surface area contributed by atoms with Crippen LogP contribution in [0, 0.1) is 0 Å². The quantitative estimate of drug-likeness (QED) is 0.810. The molecule has 1 aromatic rings. The van der Waals surface area contributed by atoms with E-state index in [-0.39, 0.29) is 5.75 Å². The Bertz CT molecular complexity index is 402. The minimum absolute atomic E-state index is 0.0425. The van der Waals surface area contributed by atoms with Crippen LogP contribution in [0.3, 0.4) is 0 Å². The molecular weight excluding hydrogens is 223 g/mol. The molecule has 6 heteroatoms. The lowest BCUT2D eigenvalue weighted by atomic mass is 10.0. The molecule has 1 rings (SSSR count). The van der Waals surface area contributed by atoms with Gasteiger partial charge in [-0.05, 0) is 18.2 Å². The van der Waals surface area contributed by atoms with Gasteiger partial charge in [0.15, 0.2) is 5.78 Å². The third-order valence-electron chi connectivity index (χ3n) is 2.02. The first-order chi connectivity index (χ1) is 7.40. The number of Topliss-reactive ketones (excluding diaryl/α,β-unsaturated/α-hetero) is 1. The number of benzene rings is 1. The maximum absolute atomic E-state index is 12.6. The highest BCUT2D eigenvalue weighted by molar-refractivity contribution is 5.99. The Morgan fingerprint density at radius 2 is 2.06 bits per heavy atom. The first-order valence-electron chi connectivity index (χ1n) is 4.38. The van der Waals surface area contributed by atoms with Crippen molar-refractivity contribution in [1.82, 2.24) is 0 Å².